The number of carbonyl (C=O) groups is 2. The number of aryl methyl sites for hydroxylation is 1. The minimum absolute atomic E-state index is 0.0369. The fourth-order valence-corrected chi connectivity index (χ4v) is 2.30. The maximum absolute atomic E-state index is 12.0. The van der Waals surface area contributed by atoms with Gasteiger partial charge in [0.05, 0.1) is 18.4 Å². The molecule has 0 bridgehead atoms. The summed E-state index contributed by atoms with van der Waals surface area (Å²) in [4.78, 5) is 23.8. The number of hydrogen-bond donors (Lipinski definition) is 2. The first-order valence-electron chi connectivity index (χ1n) is 7.22. The lowest BCUT2D eigenvalue weighted by molar-refractivity contribution is -0.127. The van der Waals surface area contributed by atoms with Gasteiger partial charge >= 0.3 is 0 Å². The molecule has 1 aromatic carbocycles. The lowest BCUT2D eigenvalue weighted by Gasteiger charge is -2.08. The molecule has 2 N–H and O–H groups in total. The van der Waals surface area contributed by atoms with Gasteiger partial charge in [0.15, 0.2) is 0 Å². The van der Waals surface area contributed by atoms with Gasteiger partial charge in [0.25, 0.3) is 0 Å². The van der Waals surface area contributed by atoms with Crippen LogP contribution in [0.1, 0.15) is 17.5 Å². The van der Waals surface area contributed by atoms with Crippen LogP contribution in [0.2, 0.25) is 0 Å². The zero-order valence-electron chi connectivity index (χ0n) is 12.5. The lowest BCUT2D eigenvalue weighted by Crippen LogP contribution is -2.31. The Morgan fingerprint density at radius 2 is 1.86 bits per heavy atom. The van der Waals surface area contributed by atoms with E-state index in [2.05, 4.69) is 10.6 Å². The van der Waals surface area contributed by atoms with Gasteiger partial charge in [0.1, 0.15) is 0 Å². The summed E-state index contributed by atoms with van der Waals surface area (Å²) in [6.07, 6.45) is 0.637. The highest BCUT2D eigenvalue weighted by Crippen LogP contribution is 2.38. The van der Waals surface area contributed by atoms with Gasteiger partial charge in [-0.15, -0.1) is 0 Å². The number of nitrogens with one attached hydrogen (secondary N) is 2. The van der Waals surface area contributed by atoms with Crippen molar-refractivity contribution in [1.29, 1.82) is 0 Å². The summed E-state index contributed by atoms with van der Waals surface area (Å²) in [6, 6.07) is 7.95. The molecule has 1 saturated carbocycles. The van der Waals surface area contributed by atoms with Gasteiger partial charge < -0.3 is 15.4 Å². The molecule has 0 spiro atoms. The molecule has 1 aliphatic carbocycles. The van der Waals surface area contributed by atoms with Crippen molar-refractivity contribution in [1.82, 2.24) is 10.6 Å². The van der Waals surface area contributed by atoms with E-state index in [4.69, 9.17) is 4.74 Å². The molecule has 114 valence electrons. The predicted molar refractivity (Wildman–Crippen MR) is 79.5 cm³/mol. The fourth-order valence-electron chi connectivity index (χ4n) is 2.30. The molecule has 0 aromatic heterocycles. The quantitative estimate of drug-likeness (QED) is 0.737. The first kappa shape index (κ1) is 15.5. The Balaban J connectivity index is 1.73. The van der Waals surface area contributed by atoms with Crippen molar-refractivity contribution in [2.75, 3.05) is 20.3 Å². The highest BCUT2D eigenvalue weighted by atomic mass is 16.5. The minimum Gasteiger partial charge on any atom is -0.383 e. The molecule has 1 fully saturated rings. The zero-order valence-corrected chi connectivity index (χ0v) is 12.5. The van der Waals surface area contributed by atoms with Crippen LogP contribution in [0, 0.1) is 18.8 Å². The average molecular weight is 290 g/mol. The first-order valence-corrected chi connectivity index (χ1v) is 7.22. The number of carbonyl (C=O) groups excluding carboxylic acids is 2. The summed E-state index contributed by atoms with van der Waals surface area (Å²) >= 11 is 0. The van der Waals surface area contributed by atoms with Gasteiger partial charge in [0.2, 0.25) is 11.8 Å². The molecular weight excluding hydrogens is 268 g/mol. The van der Waals surface area contributed by atoms with Crippen LogP contribution < -0.4 is 10.6 Å². The van der Waals surface area contributed by atoms with Crippen molar-refractivity contribution in [3.63, 3.8) is 0 Å². The SMILES string of the molecule is COCCNC(=O)C1CC1C(=O)NCc1ccccc1C. The van der Waals surface area contributed by atoms with Crippen molar-refractivity contribution >= 4 is 11.8 Å². The number of methoxy groups -OCH3 is 1. The lowest BCUT2D eigenvalue weighted by atomic mass is 10.1. The number of rotatable bonds is 7. The van der Waals surface area contributed by atoms with E-state index in [1.54, 1.807) is 7.11 Å². The molecule has 0 heterocycles. The van der Waals surface area contributed by atoms with Crippen molar-refractivity contribution in [2.45, 2.75) is 19.9 Å². The monoisotopic (exact) mass is 290 g/mol. The Morgan fingerprint density at radius 1 is 1.19 bits per heavy atom. The van der Waals surface area contributed by atoms with Gasteiger partial charge in [-0.2, -0.15) is 0 Å². The van der Waals surface area contributed by atoms with Gasteiger partial charge in [-0.3, -0.25) is 9.59 Å². The number of benzene rings is 1. The number of ether oxygens (including phenoxy) is 1. The van der Waals surface area contributed by atoms with Crippen LogP contribution >= 0.6 is 0 Å². The largest absolute Gasteiger partial charge is 0.383 e. The highest BCUT2D eigenvalue weighted by molar-refractivity contribution is 5.92. The average Bonchev–Trinajstić information content (AvgIpc) is 3.27. The van der Waals surface area contributed by atoms with Gasteiger partial charge in [-0.25, -0.2) is 0 Å². The van der Waals surface area contributed by atoms with E-state index < -0.39 is 0 Å². The topological polar surface area (TPSA) is 67.4 Å². The third kappa shape index (κ3) is 4.29. The van der Waals surface area contributed by atoms with Crippen molar-refractivity contribution < 1.29 is 14.3 Å². The molecule has 1 aliphatic rings. The van der Waals surface area contributed by atoms with Crippen LogP contribution in [-0.4, -0.2) is 32.1 Å². The Morgan fingerprint density at radius 3 is 2.52 bits per heavy atom. The highest BCUT2D eigenvalue weighted by Gasteiger charge is 2.47. The maximum atomic E-state index is 12.0. The van der Waals surface area contributed by atoms with E-state index in [1.807, 2.05) is 31.2 Å². The maximum Gasteiger partial charge on any atom is 0.224 e. The normalized spacial score (nSPS) is 19.9. The number of amides is 2. The molecule has 0 saturated heterocycles. The molecule has 5 nitrogen and oxygen atoms in total. The Kier molecular flexibility index (Phi) is 5.33. The second-order valence-corrected chi connectivity index (χ2v) is 5.38. The second kappa shape index (κ2) is 7.22. The van der Waals surface area contributed by atoms with E-state index in [0.29, 0.717) is 26.1 Å². The van der Waals surface area contributed by atoms with Crippen LogP contribution in [0.15, 0.2) is 24.3 Å². The smallest absolute Gasteiger partial charge is 0.224 e. The molecule has 2 unspecified atom stereocenters. The Hall–Kier alpha value is -1.88. The van der Waals surface area contributed by atoms with Crippen LogP contribution in [0.4, 0.5) is 0 Å². The van der Waals surface area contributed by atoms with Gasteiger partial charge in [0, 0.05) is 20.2 Å². The van der Waals surface area contributed by atoms with E-state index in [9.17, 15) is 9.59 Å². The molecule has 0 radical (unpaired) electrons. The summed E-state index contributed by atoms with van der Waals surface area (Å²) in [5, 5.41) is 5.68. The summed E-state index contributed by atoms with van der Waals surface area (Å²) in [6.45, 7) is 3.51. The van der Waals surface area contributed by atoms with E-state index in [-0.39, 0.29) is 23.7 Å². The third-order valence-electron chi connectivity index (χ3n) is 3.78. The summed E-state index contributed by atoms with van der Waals surface area (Å²) in [7, 11) is 1.59. The molecule has 21 heavy (non-hydrogen) atoms. The molecule has 2 amide bonds. The van der Waals surface area contributed by atoms with Crippen LogP contribution in [0.25, 0.3) is 0 Å². The Bertz CT molecular complexity index is 516. The second-order valence-electron chi connectivity index (χ2n) is 5.38. The van der Waals surface area contributed by atoms with Crippen molar-refractivity contribution in [2.24, 2.45) is 11.8 Å². The summed E-state index contributed by atoms with van der Waals surface area (Å²) < 4.78 is 4.87. The van der Waals surface area contributed by atoms with Gasteiger partial charge in [-0.1, -0.05) is 24.3 Å². The fraction of sp³-hybridized carbons (Fsp3) is 0.500. The van der Waals surface area contributed by atoms with Crippen molar-refractivity contribution in [3.05, 3.63) is 35.4 Å². The van der Waals surface area contributed by atoms with Crippen molar-refractivity contribution in [3.8, 4) is 0 Å². The first-order chi connectivity index (χ1) is 10.1. The Labute approximate surface area is 125 Å². The van der Waals surface area contributed by atoms with E-state index in [0.717, 1.165) is 11.1 Å². The van der Waals surface area contributed by atoms with Crippen LogP contribution in [0.5, 0.6) is 0 Å². The summed E-state index contributed by atoms with van der Waals surface area (Å²) in [5.74, 6) is -0.455. The molecule has 0 aliphatic heterocycles. The zero-order chi connectivity index (χ0) is 15.2. The molecule has 5 heteroatoms. The third-order valence-corrected chi connectivity index (χ3v) is 3.78. The summed E-state index contributed by atoms with van der Waals surface area (Å²) in [5.41, 5.74) is 2.26. The van der Waals surface area contributed by atoms with E-state index in [1.165, 1.54) is 0 Å². The van der Waals surface area contributed by atoms with E-state index >= 15 is 0 Å². The van der Waals surface area contributed by atoms with Gasteiger partial charge in [-0.05, 0) is 24.5 Å². The molecular formula is C16H22N2O3. The molecule has 2 rings (SSSR count). The number of hydrogen-bond acceptors (Lipinski definition) is 3. The minimum atomic E-state index is -0.184. The molecule has 2 atom stereocenters. The predicted octanol–water partition coefficient (Wildman–Crippen LogP) is 1.01. The van der Waals surface area contributed by atoms with Crippen LogP contribution in [0.3, 0.4) is 0 Å². The molecule has 1 aromatic rings. The van der Waals surface area contributed by atoms with Crippen LogP contribution in [-0.2, 0) is 20.9 Å². The standard InChI is InChI=1S/C16H22N2O3/c1-11-5-3-4-6-12(11)10-18-16(20)14-9-13(14)15(19)17-7-8-21-2/h3-6,13-14H,7-10H2,1-2H3,(H,17,19)(H,18,20).